The maximum absolute atomic E-state index is 12.3. The molecule has 0 bridgehead atoms. The Hall–Kier alpha value is -1.88. The van der Waals surface area contributed by atoms with Gasteiger partial charge >= 0.3 is 5.97 Å². The van der Waals surface area contributed by atoms with E-state index in [4.69, 9.17) is 0 Å². The second-order valence-electron chi connectivity index (χ2n) is 5.01. The van der Waals surface area contributed by atoms with E-state index in [2.05, 4.69) is 10.1 Å². The Balaban J connectivity index is 2.00. The maximum Gasteiger partial charge on any atom is 0.306 e. The van der Waals surface area contributed by atoms with Crippen molar-refractivity contribution in [3.05, 3.63) is 29.8 Å². The number of esters is 1. The van der Waals surface area contributed by atoms with Gasteiger partial charge < -0.3 is 10.1 Å². The number of fused-ring (bicyclic) bond motifs is 1. The summed E-state index contributed by atoms with van der Waals surface area (Å²) in [5.74, 6) is -0.267. The first-order valence-corrected chi connectivity index (χ1v) is 6.77. The summed E-state index contributed by atoms with van der Waals surface area (Å²) < 4.78 is 4.62. The smallest absolute Gasteiger partial charge is 0.306 e. The van der Waals surface area contributed by atoms with Crippen LogP contribution in [0.25, 0.3) is 0 Å². The molecule has 1 aromatic rings. The Bertz CT molecular complexity index is 502. The molecule has 1 amide bonds. The van der Waals surface area contributed by atoms with E-state index in [1.807, 2.05) is 36.2 Å². The number of nitrogens with one attached hydrogen (secondary N) is 1. The van der Waals surface area contributed by atoms with Crippen LogP contribution in [0, 0.1) is 0 Å². The van der Waals surface area contributed by atoms with E-state index in [0.29, 0.717) is 13.0 Å². The van der Waals surface area contributed by atoms with Crippen molar-refractivity contribution in [3.8, 4) is 0 Å². The average Bonchev–Trinajstić information content (AvgIpc) is 2.62. The Morgan fingerprint density at radius 1 is 1.45 bits per heavy atom. The molecule has 5 heteroatoms. The van der Waals surface area contributed by atoms with E-state index in [-0.39, 0.29) is 17.9 Å². The number of amides is 1. The molecule has 1 heterocycles. The van der Waals surface area contributed by atoms with Crippen molar-refractivity contribution >= 4 is 17.6 Å². The summed E-state index contributed by atoms with van der Waals surface area (Å²) in [6.45, 7) is 0.515. The summed E-state index contributed by atoms with van der Waals surface area (Å²) in [5.41, 5.74) is 2.05. The second kappa shape index (κ2) is 6.52. The van der Waals surface area contributed by atoms with E-state index >= 15 is 0 Å². The fraction of sp³-hybridized carbons (Fsp3) is 0.467. The minimum Gasteiger partial charge on any atom is -0.469 e. The predicted octanol–water partition coefficient (Wildman–Crippen LogP) is 1.43. The average molecular weight is 276 g/mol. The summed E-state index contributed by atoms with van der Waals surface area (Å²) in [7, 11) is 3.24. The fourth-order valence-corrected chi connectivity index (χ4v) is 2.45. The zero-order chi connectivity index (χ0) is 14.5. The van der Waals surface area contributed by atoms with Crippen LogP contribution in [0.2, 0.25) is 0 Å². The third-order valence-corrected chi connectivity index (χ3v) is 3.69. The van der Waals surface area contributed by atoms with Crippen molar-refractivity contribution < 1.29 is 14.3 Å². The van der Waals surface area contributed by atoms with Gasteiger partial charge in [0.15, 0.2) is 0 Å². The van der Waals surface area contributed by atoms with Crippen molar-refractivity contribution in [3.63, 3.8) is 0 Å². The van der Waals surface area contributed by atoms with Crippen molar-refractivity contribution in [2.45, 2.75) is 25.3 Å². The normalized spacial score (nSPS) is 18.1. The predicted molar refractivity (Wildman–Crippen MR) is 76.4 cm³/mol. The molecule has 108 valence electrons. The summed E-state index contributed by atoms with van der Waals surface area (Å²) >= 11 is 0. The second-order valence-corrected chi connectivity index (χ2v) is 5.01. The highest BCUT2D eigenvalue weighted by atomic mass is 16.5. The molecule has 0 aliphatic carbocycles. The number of carbonyl (C=O) groups excluding carboxylic acids is 2. The number of carbonyl (C=O) groups is 2. The van der Waals surface area contributed by atoms with Crippen LogP contribution in [-0.2, 0) is 20.7 Å². The lowest BCUT2D eigenvalue weighted by Crippen LogP contribution is -2.42. The molecule has 1 aromatic carbocycles. The first-order valence-electron chi connectivity index (χ1n) is 6.77. The fourth-order valence-electron chi connectivity index (χ4n) is 2.45. The molecular weight excluding hydrogens is 256 g/mol. The zero-order valence-corrected chi connectivity index (χ0v) is 11.9. The lowest BCUT2D eigenvalue weighted by atomic mass is 10.1. The van der Waals surface area contributed by atoms with Crippen molar-refractivity contribution in [2.75, 3.05) is 26.0 Å². The Morgan fingerprint density at radius 3 is 2.95 bits per heavy atom. The minimum atomic E-state index is -0.255. The lowest BCUT2D eigenvalue weighted by Gasteiger charge is -2.25. The molecule has 5 nitrogen and oxygen atoms in total. The molecule has 0 saturated heterocycles. The van der Waals surface area contributed by atoms with Crippen LogP contribution < -0.4 is 5.32 Å². The van der Waals surface area contributed by atoms with Gasteiger partial charge in [-0.3, -0.25) is 14.5 Å². The number of benzene rings is 1. The summed E-state index contributed by atoms with van der Waals surface area (Å²) in [6.07, 6.45) is 1.90. The summed E-state index contributed by atoms with van der Waals surface area (Å²) in [6, 6.07) is 7.63. The monoisotopic (exact) mass is 276 g/mol. The zero-order valence-electron chi connectivity index (χ0n) is 11.9. The van der Waals surface area contributed by atoms with Crippen molar-refractivity contribution in [1.82, 2.24) is 4.90 Å². The molecule has 0 radical (unpaired) electrons. The Labute approximate surface area is 118 Å². The number of ether oxygens (including phenoxy) is 1. The first-order chi connectivity index (χ1) is 9.61. The first kappa shape index (κ1) is 14.5. The third-order valence-electron chi connectivity index (χ3n) is 3.69. The molecule has 1 aliphatic rings. The summed E-state index contributed by atoms with van der Waals surface area (Å²) in [4.78, 5) is 25.4. The molecule has 20 heavy (non-hydrogen) atoms. The van der Waals surface area contributed by atoms with Gasteiger partial charge in [0.25, 0.3) is 0 Å². The van der Waals surface area contributed by atoms with Crippen LogP contribution in [0.3, 0.4) is 0 Å². The van der Waals surface area contributed by atoms with Crippen LogP contribution in [-0.4, -0.2) is 43.5 Å². The highest BCUT2D eigenvalue weighted by molar-refractivity contribution is 5.96. The molecule has 0 saturated carbocycles. The van der Waals surface area contributed by atoms with Crippen molar-refractivity contribution in [2.24, 2.45) is 0 Å². The Kier molecular flexibility index (Phi) is 4.74. The van der Waals surface area contributed by atoms with Gasteiger partial charge in [-0.2, -0.15) is 0 Å². The van der Waals surface area contributed by atoms with E-state index in [1.165, 1.54) is 7.11 Å². The number of nitrogens with zero attached hydrogens (tertiary/aromatic N) is 1. The van der Waals surface area contributed by atoms with Gasteiger partial charge in [0, 0.05) is 12.2 Å². The molecule has 1 unspecified atom stereocenters. The number of methoxy groups -OCH3 is 1. The number of hydrogen-bond acceptors (Lipinski definition) is 4. The quantitative estimate of drug-likeness (QED) is 0.845. The highest BCUT2D eigenvalue weighted by Gasteiger charge is 2.26. The molecule has 0 fully saturated rings. The number of para-hydroxylation sites is 1. The lowest BCUT2D eigenvalue weighted by molar-refractivity contribution is -0.141. The Morgan fingerprint density at radius 2 is 2.20 bits per heavy atom. The van der Waals surface area contributed by atoms with E-state index in [9.17, 15) is 9.59 Å². The van der Waals surface area contributed by atoms with E-state index in [1.54, 1.807) is 0 Å². The van der Waals surface area contributed by atoms with Crippen LogP contribution in [0.4, 0.5) is 5.69 Å². The van der Waals surface area contributed by atoms with E-state index in [0.717, 1.165) is 24.1 Å². The van der Waals surface area contributed by atoms with Gasteiger partial charge in [-0.25, -0.2) is 0 Å². The number of anilines is 1. The van der Waals surface area contributed by atoms with Crippen LogP contribution in [0.5, 0.6) is 0 Å². The molecular formula is C15H20N2O3. The van der Waals surface area contributed by atoms with Crippen LogP contribution >= 0.6 is 0 Å². The van der Waals surface area contributed by atoms with Crippen molar-refractivity contribution in [1.29, 1.82) is 0 Å². The number of hydrogen-bond donors (Lipinski definition) is 1. The molecule has 1 N–H and O–H groups in total. The largest absolute Gasteiger partial charge is 0.469 e. The molecule has 1 aliphatic heterocycles. The van der Waals surface area contributed by atoms with Gasteiger partial charge in [0.2, 0.25) is 5.91 Å². The highest BCUT2D eigenvalue weighted by Crippen LogP contribution is 2.23. The van der Waals surface area contributed by atoms with Gasteiger partial charge in [-0.1, -0.05) is 18.2 Å². The minimum absolute atomic E-state index is 0.0117. The summed E-state index contributed by atoms with van der Waals surface area (Å²) in [5, 5.41) is 2.96. The maximum atomic E-state index is 12.3. The van der Waals surface area contributed by atoms with Gasteiger partial charge in [0.05, 0.1) is 19.6 Å². The van der Waals surface area contributed by atoms with Gasteiger partial charge in [0.1, 0.15) is 0 Å². The standard InChI is InChI=1S/C15H20N2O3/c1-17(10-9-14(18)20-2)13-8-7-11-5-3-4-6-12(11)16-15(13)19/h3-6,13H,7-10H2,1-2H3,(H,16,19). The topological polar surface area (TPSA) is 58.6 Å². The van der Waals surface area contributed by atoms with Gasteiger partial charge in [-0.05, 0) is 31.5 Å². The third kappa shape index (κ3) is 3.36. The number of aryl methyl sites for hydroxylation is 1. The van der Waals surface area contributed by atoms with Gasteiger partial charge in [-0.15, -0.1) is 0 Å². The molecule has 0 spiro atoms. The molecule has 0 aromatic heterocycles. The number of likely N-dealkylation sites (N-methyl/N-ethyl adjacent to an activating group) is 1. The SMILES string of the molecule is COC(=O)CCN(C)C1CCc2ccccc2NC1=O. The van der Waals surface area contributed by atoms with Crippen LogP contribution in [0.1, 0.15) is 18.4 Å². The van der Waals surface area contributed by atoms with E-state index < -0.39 is 0 Å². The molecule has 2 rings (SSSR count). The molecule has 1 atom stereocenters. The number of rotatable bonds is 4. The van der Waals surface area contributed by atoms with Crippen LogP contribution in [0.15, 0.2) is 24.3 Å².